The summed E-state index contributed by atoms with van der Waals surface area (Å²) in [5.74, 6) is 0.431. The summed E-state index contributed by atoms with van der Waals surface area (Å²) in [6.07, 6.45) is 1.24. The lowest BCUT2D eigenvalue weighted by Gasteiger charge is -2.32. The molecular formula is C22H29N5O2. The van der Waals surface area contributed by atoms with Gasteiger partial charge in [0.05, 0.1) is 11.7 Å². The molecule has 0 bridgehead atoms. The molecule has 1 aromatic carbocycles. The average molecular weight is 396 g/mol. The number of anilines is 1. The number of ether oxygens (including phenoxy) is 1. The van der Waals surface area contributed by atoms with Crippen molar-refractivity contribution in [3.05, 3.63) is 47.2 Å². The maximum atomic E-state index is 12.3. The van der Waals surface area contributed by atoms with Gasteiger partial charge in [-0.15, -0.1) is 0 Å². The Bertz CT molecular complexity index is 884. The van der Waals surface area contributed by atoms with Crippen LogP contribution in [0.5, 0.6) is 0 Å². The molecule has 1 aliphatic rings. The topological polar surface area (TPSA) is 83.2 Å². The van der Waals surface area contributed by atoms with Crippen molar-refractivity contribution in [3.8, 4) is 6.07 Å². The van der Waals surface area contributed by atoms with Crippen molar-refractivity contribution in [1.29, 1.82) is 5.26 Å². The van der Waals surface area contributed by atoms with E-state index < -0.39 is 11.7 Å². The number of amides is 1. The molecule has 0 atom stereocenters. The summed E-state index contributed by atoms with van der Waals surface area (Å²) in [5, 5.41) is 16.9. The van der Waals surface area contributed by atoms with Crippen LogP contribution < -0.4 is 5.32 Å². The molecule has 1 aliphatic heterocycles. The smallest absolute Gasteiger partial charge is 0.413 e. The quantitative estimate of drug-likeness (QED) is 0.837. The number of benzene rings is 1. The number of aryl methyl sites for hydroxylation is 1. The summed E-state index contributed by atoms with van der Waals surface area (Å²) in [6.45, 7) is 10.0. The van der Waals surface area contributed by atoms with Crippen molar-refractivity contribution < 1.29 is 9.53 Å². The van der Waals surface area contributed by atoms with Gasteiger partial charge in [-0.1, -0.05) is 30.3 Å². The fourth-order valence-corrected chi connectivity index (χ4v) is 3.63. The first-order valence-electron chi connectivity index (χ1n) is 10.0. The number of carbonyl (C=O) groups is 1. The highest BCUT2D eigenvalue weighted by atomic mass is 16.6. The normalized spacial score (nSPS) is 15.7. The number of likely N-dealkylation sites (tertiary alicyclic amines) is 1. The van der Waals surface area contributed by atoms with Crippen LogP contribution in [-0.2, 0) is 11.3 Å². The summed E-state index contributed by atoms with van der Waals surface area (Å²) < 4.78 is 7.17. The zero-order valence-corrected chi connectivity index (χ0v) is 17.6. The van der Waals surface area contributed by atoms with Crippen LogP contribution in [0.15, 0.2) is 30.3 Å². The van der Waals surface area contributed by atoms with Crippen LogP contribution in [0.2, 0.25) is 0 Å². The third-order valence-electron chi connectivity index (χ3n) is 4.97. The number of nitrogens with zero attached hydrogens (tertiary/aromatic N) is 4. The summed E-state index contributed by atoms with van der Waals surface area (Å²) >= 11 is 0. The Morgan fingerprint density at radius 2 is 1.93 bits per heavy atom. The minimum atomic E-state index is -0.612. The molecule has 3 rings (SSSR count). The van der Waals surface area contributed by atoms with E-state index in [0.717, 1.165) is 32.5 Å². The van der Waals surface area contributed by atoms with Crippen LogP contribution in [0.3, 0.4) is 0 Å². The summed E-state index contributed by atoms with van der Waals surface area (Å²) in [7, 11) is 0. The van der Waals surface area contributed by atoms with Gasteiger partial charge < -0.3 is 4.74 Å². The lowest BCUT2D eigenvalue weighted by Crippen LogP contribution is -2.35. The van der Waals surface area contributed by atoms with Gasteiger partial charge in [-0.2, -0.15) is 10.4 Å². The van der Waals surface area contributed by atoms with Gasteiger partial charge in [-0.05, 0) is 46.1 Å². The molecule has 7 nitrogen and oxygen atoms in total. The molecule has 0 aliphatic carbocycles. The Morgan fingerprint density at radius 1 is 1.28 bits per heavy atom. The van der Waals surface area contributed by atoms with Gasteiger partial charge in [0.1, 0.15) is 17.2 Å². The first kappa shape index (κ1) is 20.9. The number of carbonyl (C=O) groups excluding carboxylic acids is 1. The molecule has 0 spiro atoms. The fraction of sp³-hybridized carbons (Fsp3) is 0.500. The number of hydrogen-bond acceptors (Lipinski definition) is 5. The monoisotopic (exact) mass is 395 g/mol. The highest BCUT2D eigenvalue weighted by molar-refractivity contribution is 5.85. The van der Waals surface area contributed by atoms with Crippen LogP contribution in [0, 0.1) is 18.3 Å². The van der Waals surface area contributed by atoms with Gasteiger partial charge in [0, 0.05) is 19.6 Å². The van der Waals surface area contributed by atoms with Crippen LogP contribution in [-0.4, -0.2) is 39.5 Å². The van der Waals surface area contributed by atoms with E-state index in [1.54, 1.807) is 11.6 Å². The summed E-state index contributed by atoms with van der Waals surface area (Å²) in [4.78, 5) is 14.7. The molecule has 0 saturated carbocycles. The minimum absolute atomic E-state index is 0.132. The number of nitriles is 1. The maximum absolute atomic E-state index is 12.3. The van der Waals surface area contributed by atoms with E-state index in [4.69, 9.17) is 4.74 Å². The second-order valence-electron chi connectivity index (χ2n) is 8.49. The van der Waals surface area contributed by atoms with Crippen LogP contribution >= 0.6 is 0 Å². The van der Waals surface area contributed by atoms with Gasteiger partial charge in [0.15, 0.2) is 5.82 Å². The summed E-state index contributed by atoms with van der Waals surface area (Å²) in [5.41, 5.74) is 1.70. The van der Waals surface area contributed by atoms with Gasteiger partial charge in [0.25, 0.3) is 0 Å². The Morgan fingerprint density at radius 3 is 2.52 bits per heavy atom. The molecule has 1 amide bonds. The molecule has 154 valence electrons. The average Bonchev–Trinajstić information content (AvgIpc) is 2.96. The predicted molar refractivity (Wildman–Crippen MR) is 112 cm³/mol. The van der Waals surface area contributed by atoms with Crippen molar-refractivity contribution in [3.63, 3.8) is 0 Å². The third-order valence-corrected chi connectivity index (χ3v) is 4.97. The molecule has 29 heavy (non-hydrogen) atoms. The largest absolute Gasteiger partial charge is 0.444 e. The van der Waals surface area contributed by atoms with Crippen molar-refractivity contribution >= 4 is 11.9 Å². The first-order chi connectivity index (χ1) is 13.8. The lowest BCUT2D eigenvalue weighted by molar-refractivity contribution is 0.0633. The Balaban J connectivity index is 1.71. The van der Waals surface area contributed by atoms with E-state index >= 15 is 0 Å². The standard InChI is InChI=1S/C22H29N5O2/c1-16-19(14-23)20(24-21(28)29-22(2,3)4)27(25-16)18-10-12-26(13-11-18)15-17-8-6-5-7-9-17/h5-9,18H,10-13,15H2,1-4H3,(H,24,28). The van der Waals surface area contributed by atoms with Crippen LogP contribution in [0.4, 0.5) is 10.6 Å². The second-order valence-corrected chi connectivity index (χ2v) is 8.49. The number of hydrogen-bond donors (Lipinski definition) is 1. The molecule has 2 heterocycles. The number of aromatic nitrogens is 2. The maximum Gasteiger partial charge on any atom is 0.413 e. The fourth-order valence-electron chi connectivity index (χ4n) is 3.63. The molecule has 7 heteroatoms. The SMILES string of the molecule is Cc1nn(C2CCN(Cc3ccccc3)CC2)c(NC(=O)OC(C)(C)C)c1C#N. The zero-order valence-electron chi connectivity index (χ0n) is 17.6. The van der Waals surface area contributed by atoms with E-state index in [1.807, 2.05) is 26.8 Å². The van der Waals surface area contributed by atoms with Crippen LogP contribution in [0.1, 0.15) is 56.5 Å². The molecule has 1 N–H and O–H groups in total. The Kier molecular flexibility index (Phi) is 6.23. The number of rotatable bonds is 4. The van der Waals surface area contributed by atoms with E-state index in [2.05, 4.69) is 45.7 Å². The van der Waals surface area contributed by atoms with E-state index in [0.29, 0.717) is 17.1 Å². The Labute approximate surface area is 172 Å². The predicted octanol–water partition coefficient (Wildman–Crippen LogP) is 4.25. The molecule has 1 saturated heterocycles. The second kappa shape index (κ2) is 8.66. The zero-order chi connectivity index (χ0) is 21.0. The van der Waals surface area contributed by atoms with Crippen molar-refractivity contribution in [1.82, 2.24) is 14.7 Å². The lowest BCUT2D eigenvalue weighted by atomic mass is 10.0. The van der Waals surface area contributed by atoms with E-state index in [9.17, 15) is 10.1 Å². The first-order valence-corrected chi connectivity index (χ1v) is 10.0. The molecule has 2 aromatic rings. The number of nitrogens with one attached hydrogen (secondary N) is 1. The van der Waals surface area contributed by atoms with Gasteiger partial charge >= 0.3 is 6.09 Å². The minimum Gasteiger partial charge on any atom is -0.444 e. The Hall–Kier alpha value is -2.85. The van der Waals surface area contributed by atoms with Crippen molar-refractivity contribution in [2.24, 2.45) is 0 Å². The van der Waals surface area contributed by atoms with E-state index in [-0.39, 0.29) is 6.04 Å². The highest BCUT2D eigenvalue weighted by Gasteiger charge is 2.28. The van der Waals surface area contributed by atoms with Crippen LogP contribution in [0.25, 0.3) is 0 Å². The molecule has 1 aromatic heterocycles. The van der Waals surface area contributed by atoms with Gasteiger partial charge in [0.2, 0.25) is 0 Å². The van der Waals surface area contributed by atoms with Crippen molar-refractivity contribution in [2.45, 2.75) is 58.7 Å². The summed E-state index contributed by atoms with van der Waals surface area (Å²) in [6, 6.07) is 12.7. The molecular weight excluding hydrogens is 366 g/mol. The van der Waals surface area contributed by atoms with E-state index in [1.165, 1.54) is 5.56 Å². The molecule has 0 unspecified atom stereocenters. The highest BCUT2D eigenvalue weighted by Crippen LogP contribution is 2.30. The van der Waals surface area contributed by atoms with Gasteiger partial charge in [-0.3, -0.25) is 10.2 Å². The van der Waals surface area contributed by atoms with Crippen molar-refractivity contribution in [2.75, 3.05) is 18.4 Å². The molecule has 0 radical (unpaired) electrons. The third kappa shape index (κ3) is 5.36. The molecule has 1 fully saturated rings. The number of piperidine rings is 1. The van der Waals surface area contributed by atoms with Gasteiger partial charge in [-0.25, -0.2) is 9.48 Å².